The van der Waals surface area contributed by atoms with Crippen LogP contribution >= 0.6 is 0 Å². The molecule has 132 valence electrons. The average molecular weight is 341 g/mol. The molecule has 2 aromatic carbocycles. The summed E-state index contributed by atoms with van der Waals surface area (Å²) >= 11 is 0. The van der Waals surface area contributed by atoms with Crippen molar-refractivity contribution in [2.75, 3.05) is 0 Å². The fraction of sp³-hybridized carbons (Fsp3) is 0.350. The highest BCUT2D eigenvalue weighted by Crippen LogP contribution is 2.40. The summed E-state index contributed by atoms with van der Waals surface area (Å²) in [5, 5.41) is 12.2. The maximum atomic E-state index is 11.9. The second-order valence-corrected chi connectivity index (χ2v) is 7.09. The van der Waals surface area contributed by atoms with Gasteiger partial charge in [0.2, 0.25) is 0 Å². The van der Waals surface area contributed by atoms with E-state index in [4.69, 9.17) is 9.47 Å². The van der Waals surface area contributed by atoms with E-state index in [9.17, 15) is 9.90 Å². The van der Waals surface area contributed by atoms with Crippen molar-refractivity contribution in [3.63, 3.8) is 0 Å². The van der Waals surface area contributed by atoms with Crippen LogP contribution in [0.2, 0.25) is 0 Å². The number of alkyl carbamates (subject to hydrolysis) is 1. The standard InChI is InChI=1S/C20H23NO4/c1-20(2,3)25-19(23)21-10-14-5-4-6-16-17-9-13(11-22)7-8-15(17)12-24-18(14)16/h4-9,22H,10-12H2,1-3H3,(H,21,23). The van der Waals surface area contributed by atoms with Gasteiger partial charge in [0.05, 0.1) is 6.61 Å². The molecule has 0 unspecified atom stereocenters. The van der Waals surface area contributed by atoms with E-state index in [1.54, 1.807) is 0 Å². The van der Waals surface area contributed by atoms with Gasteiger partial charge in [0.1, 0.15) is 18.0 Å². The van der Waals surface area contributed by atoms with Gasteiger partial charge in [0.25, 0.3) is 0 Å². The predicted molar refractivity (Wildman–Crippen MR) is 95.2 cm³/mol. The van der Waals surface area contributed by atoms with E-state index in [-0.39, 0.29) is 6.61 Å². The zero-order chi connectivity index (χ0) is 18.0. The number of carbonyl (C=O) groups excluding carboxylic acids is 1. The van der Waals surface area contributed by atoms with Crippen molar-refractivity contribution in [3.05, 3.63) is 53.1 Å². The minimum Gasteiger partial charge on any atom is -0.488 e. The minimum absolute atomic E-state index is 0.00333. The first-order valence-electron chi connectivity index (χ1n) is 8.32. The van der Waals surface area contributed by atoms with Gasteiger partial charge in [-0.05, 0) is 43.5 Å². The Hall–Kier alpha value is -2.53. The van der Waals surface area contributed by atoms with Gasteiger partial charge in [-0.1, -0.05) is 30.3 Å². The molecule has 1 amide bonds. The Labute approximate surface area is 147 Å². The zero-order valence-electron chi connectivity index (χ0n) is 14.8. The normalized spacial score (nSPS) is 12.6. The molecule has 0 spiro atoms. The van der Waals surface area contributed by atoms with Gasteiger partial charge < -0.3 is 19.9 Å². The topological polar surface area (TPSA) is 67.8 Å². The van der Waals surface area contributed by atoms with E-state index in [0.717, 1.165) is 33.6 Å². The quantitative estimate of drug-likeness (QED) is 0.892. The van der Waals surface area contributed by atoms with Crippen LogP contribution in [0.25, 0.3) is 11.1 Å². The number of benzene rings is 2. The van der Waals surface area contributed by atoms with Crippen molar-refractivity contribution in [3.8, 4) is 16.9 Å². The van der Waals surface area contributed by atoms with Crippen LogP contribution in [0, 0.1) is 0 Å². The van der Waals surface area contributed by atoms with Crippen molar-refractivity contribution in [1.82, 2.24) is 5.32 Å². The fourth-order valence-corrected chi connectivity index (χ4v) is 2.84. The lowest BCUT2D eigenvalue weighted by atomic mass is 9.93. The third-order valence-electron chi connectivity index (χ3n) is 3.94. The summed E-state index contributed by atoms with van der Waals surface area (Å²) < 4.78 is 11.2. The SMILES string of the molecule is CC(C)(C)OC(=O)NCc1cccc2c1OCc1ccc(CO)cc1-2. The molecule has 0 aliphatic carbocycles. The number of nitrogens with one attached hydrogen (secondary N) is 1. The first kappa shape index (κ1) is 17.3. The summed E-state index contributed by atoms with van der Waals surface area (Å²) in [4.78, 5) is 11.9. The van der Waals surface area contributed by atoms with E-state index in [1.807, 2.05) is 57.2 Å². The monoisotopic (exact) mass is 341 g/mol. The average Bonchev–Trinajstić information content (AvgIpc) is 2.57. The maximum Gasteiger partial charge on any atom is 0.407 e. The Balaban J connectivity index is 1.84. The number of para-hydroxylation sites is 1. The lowest BCUT2D eigenvalue weighted by Gasteiger charge is -2.24. The van der Waals surface area contributed by atoms with Crippen molar-refractivity contribution in [2.45, 2.75) is 46.1 Å². The summed E-state index contributed by atoms with van der Waals surface area (Å²) in [5.74, 6) is 0.765. The molecule has 5 nitrogen and oxygen atoms in total. The molecule has 1 aliphatic rings. The maximum absolute atomic E-state index is 11.9. The van der Waals surface area contributed by atoms with E-state index in [2.05, 4.69) is 5.32 Å². The third-order valence-corrected chi connectivity index (χ3v) is 3.94. The van der Waals surface area contributed by atoms with Gasteiger partial charge >= 0.3 is 6.09 Å². The first-order chi connectivity index (χ1) is 11.9. The van der Waals surface area contributed by atoms with Crippen LogP contribution in [0.5, 0.6) is 5.75 Å². The molecule has 0 bridgehead atoms. The fourth-order valence-electron chi connectivity index (χ4n) is 2.84. The summed E-state index contributed by atoms with van der Waals surface area (Å²) in [6.45, 7) is 6.29. The summed E-state index contributed by atoms with van der Waals surface area (Å²) in [7, 11) is 0. The van der Waals surface area contributed by atoms with E-state index in [1.165, 1.54) is 0 Å². The van der Waals surface area contributed by atoms with Gasteiger partial charge in [0.15, 0.2) is 0 Å². The second-order valence-electron chi connectivity index (χ2n) is 7.09. The van der Waals surface area contributed by atoms with Crippen LogP contribution in [0.15, 0.2) is 36.4 Å². The Morgan fingerprint density at radius 3 is 2.76 bits per heavy atom. The van der Waals surface area contributed by atoms with E-state index >= 15 is 0 Å². The molecular weight excluding hydrogens is 318 g/mol. The zero-order valence-corrected chi connectivity index (χ0v) is 14.8. The van der Waals surface area contributed by atoms with Crippen molar-refractivity contribution < 1.29 is 19.4 Å². The summed E-state index contributed by atoms with van der Waals surface area (Å²) in [5.41, 5.74) is 4.34. The molecule has 1 aliphatic heterocycles. The highest BCUT2D eigenvalue weighted by atomic mass is 16.6. The number of hydrogen-bond acceptors (Lipinski definition) is 4. The first-order valence-corrected chi connectivity index (χ1v) is 8.32. The Morgan fingerprint density at radius 1 is 1.24 bits per heavy atom. The van der Waals surface area contributed by atoms with E-state index < -0.39 is 11.7 Å². The van der Waals surface area contributed by atoms with Gasteiger partial charge in [-0.25, -0.2) is 4.79 Å². The van der Waals surface area contributed by atoms with Gasteiger partial charge in [-0.15, -0.1) is 0 Å². The molecular formula is C20H23NO4. The molecule has 1 heterocycles. The second kappa shape index (κ2) is 6.76. The molecule has 0 fully saturated rings. The van der Waals surface area contributed by atoms with E-state index in [0.29, 0.717) is 13.2 Å². The Morgan fingerprint density at radius 2 is 2.04 bits per heavy atom. The molecule has 0 saturated heterocycles. The summed E-state index contributed by atoms with van der Waals surface area (Å²) in [6.07, 6.45) is -0.455. The molecule has 0 aromatic heterocycles. The number of ether oxygens (including phenoxy) is 2. The Kier molecular flexibility index (Phi) is 4.68. The third kappa shape index (κ3) is 3.94. The molecule has 5 heteroatoms. The molecule has 0 radical (unpaired) electrons. The molecule has 0 atom stereocenters. The smallest absolute Gasteiger partial charge is 0.407 e. The number of aliphatic hydroxyl groups is 1. The lowest BCUT2D eigenvalue weighted by Crippen LogP contribution is -2.32. The number of amides is 1. The van der Waals surface area contributed by atoms with Crippen LogP contribution < -0.4 is 10.1 Å². The molecule has 2 N–H and O–H groups in total. The number of aliphatic hydroxyl groups excluding tert-OH is 1. The van der Waals surface area contributed by atoms with Crippen LogP contribution in [0.1, 0.15) is 37.5 Å². The van der Waals surface area contributed by atoms with Gasteiger partial charge in [-0.3, -0.25) is 0 Å². The van der Waals surface area contributed by atoms with Gasteiger partial charge in [0, 0.05) is 17.7 Å². The highest BCUT2D eigenvalue weighted by Gasteiger charge is 2.21. The predicted octanol–water partition coefficient (Wildman–Crippen LogP) is 3.76. The highest BCUT2D eigenvalue weighted by molar-refractivity contribution is 5.77. The largest absolute Gasteiger partial charge is 0.488 e. The number of rotatable bonds is 3. The van der Waals surface area contributed by atoms with Crippen molar-refractivity contribution in [1.29, 1.82) is 0 Å². The van der Waals surface area contributed by atoms with Crippen LogP contribution in [-0.2, 0) is 24.5 Å². The van der Waals surface area contributed by atoms with Crippen molar-refractivity contribution >= 4 is 6.09 Å². The van der Waals surface area contributed by atoms with Gasteiger partial charge in [-0.2, -0.15) is 0 Å². The minimum atomic E-state index is -0.531. The lowest BCUT2D eigenvalue weighted by molar-refractivity contribution is 0.0523. The molecule has 0 saturated carbocycles. The molecule has 2 aromatic rings. The number of fused-ring (bicyclic) bond motifs is 3. The Bertz CT molecular complexity index is 793. The molecule has 3 rings (SSSR count). The summed E-state index contributed by atoms with van der Waals surface area (Å²) in [6, 6.07) is 11.7. The number of hydrogen-bond donors (Lipinski definition) is 2. The van der Waals surface area contributed by atoms with Crippen LogP contribution in [-0.4, -0.2) is 16.8 Å². The van der Waals surface area contributed by atoms with Crippen LogP contribution in [0.3, 0.4) is 0 Å². The van der Waals surface area contributed by atoms with Crippen LogP contribution in [0.4, 0.5) is 4.79 Å². The molecule has 25 heavy (non-hydrogen) atoms. The van der Waals surface area contributed by atoms with Crippen molar-refractivity contribution in [2.24, 2.45) is 0 Å². The number of carbonyl (C=O) groups is 1.